The number of Topliss-reactive ketones (excluding diaryl/α,β-unsaturated/α-hetero) is 1. The molecule has 0 fully saturated rings. The Morgan fingerprint density at radius 1 is 1.38 bits per heavy atom. The summed E-state index contributed by atoms with van der Waals surface area (Å²) in [7, 11) is 0. The van der Waals surface area contributed by atoms with Crippen molar-refractivity contribution in [3.63, 3.8) is 0 Å². The lowest BCUT2D eigenvalue weighted by atomic mass is 10.0. The monoisotopic (exact) mass is 175 g/mol. The van der Waals surface area contributed by atoms with Crippen molar-refractivity contribution in [1.29, 1.82) is 0 Å². The number of carbonyl (C=O) groups is 1. The Kier molecular flexibility index (Phi) is 2.96. The molecule has 2 heteroatoms. The van der Waals surface area contributed by atoms with Crippen LogP contribution in [0.3, 0.4) is 0 Å². The Bertz CT molecular complexity index is 353. The third kappa shape index (κ3) is 2.02. The molecule has 1 heterocycles. The third-order valence-electron chi connectivity index (χ3n) is 2.06. The quantitative estimate of drug-likeness (QED) is 0.647. The summed E-state index contributed by atoms with van der Waals surface area (Å²) in [4.78, 5) is 15.2. The van der Waals surface area contributed by atoms with Crippen LogP contribution in [0, 0.1) is 0 Å². The molecule has 0 saturated heterocycles. The molecule has 1 aromatic heterocycles. The second-order valence-electron chi connectivity index (χ2n) is 2.95. The van der Waals surface area contributed by atoms with E-state index in [1.807, 2.05) is 26.0 Å². The van der Waals surface area contributed by atoms with Crippen molar-refractivity contribution >= 4 is 11.4 Å². The maximum Gasteiger partial charge on any atom is 0.161 e. The number of allylic oxidation sites excluding steroid dienone is 2. The fourth-order valence-electron chi connectivity index (χ4n) is 1.17. The van der Waals surface area contributed by atoms with E-state index >= 15 is 0 Å². The van der Waals surface area contributed by atoms with Crippen molar-refractivity contribution in [2.45, 2.75) is 20.8 Å². The normalized spacial score (nSPS) is 11.5. The molecule has 2 nitrogen and oxygen atoms in total. The summed E-state index contributed by atoms with van der Waals surface area (Å²) in [6.07, 6.45) is 5.31. The van der Waals surface area contributed by atoms with Crippen LogP contribution in [0.2, 0.25) is 0 Å². The molecular weight excluding hydrogens is 162 g/mol. The summed E-state index contributed by atoms with van der Waals surface area (Å²) in [5.74, 6) is 0.0595. The van der Waals surface area contributed by atoms with E-state index in [4.69, 9.17) is 0 Å². The van der Waals surface area contributed by atoms with Gasteiger partial charge in [0.2, 0.25) is 0 Å². The zero-order chi connectivity index (χ0) is 9.84. The van der Waals surface area contributed by atoms with Crippen LogP contribution in [0.25, 0.3) is 5.57 Å². The molecular formula is C11H13NO. The zero-order valence-electron chi connectivity index (χ0n) is 8.16. The summed E-state index contributed by atoms with van der Waals surface area (Å²) in [5.41, 5.74) is 2.77. The Balaban J connectivity index is 3.28. The van der Waals surface area contributed by atoms with Gasteiger partial charge in [-0.05, 0) is 38.0 Å². The number of ketones is 1. The van der Waals surface area contributed by atoms with Gasteiger partial charge in [-0.2, -0.15) is 0 Å². The summed E-state index contributed by atoms with van der Waals surface area (Å²) >= 11 is 0. The second-order valence-corrected chi connectivity index (χ2v) is 2.95. The van der Waals surface area contributed by atoms with Gasteiger partial charge in [0.05, 0.1) is 0 Å². The van der Waals surface area contributed by atoms with Gasteiger partial charge in [-0.3, -0.25) is 9.78 Å². The molecule has 68 valence electrons. The van der Waals surface area contributed by atoms with Crippen LogP contribution in [-0.2, 0) is 0 Å². The van der Waals surface area contributed by atoms with Crippen molar-refractivity contribution in [3.8, 4) is 0 Å². The highest BCUT2D eigenvalue weighted by Crippen LogP contribution is 2.17. The Morgan fingerprint density at radius 2 is 2.08 bits per heavy atom. The topological polar surface area (TPSA) is 30.0 Å². The van der Waals surface area contributed by atoms with E-state index < -0.39 is 0 Å². The first kappa shape index (κ1) is 9.65. The first-order valence-corrected chi connectivity index (χ1v) is 4.25. The highest BCUT2D eigenvalue weighted by atomic mass is 16.1. The molecule has 1 aromatic rings. The molecule has 0 spiro atoms. The molecule has 0 atom stereocenters. The minimum absolute atomic E-state index is 0.0595. The van der Waals surface area contributed by atoms with E-state index in [9.17, 15) is 4.79 Å². The average Bonchev–Trinajstić information content (AvgIpc) is 2.16. The lowest BCUT2D eigenvalue weighted by molar-refractivity contribution is 0.101. The van der Waals surface area contributed by atoms with Gasteiger partial charge in [0.15, 0.2) is 5.78 Å². The molecule has 0 N–H and O–H groups in total. The third-order valence-corrected chi connectivity index (χ3v) is 2.06. The summed E-state index contributed by atoms with van der Waals surface area (Å²) < 4.78 is 0. The molecule has 0 saturated carbocycles. The van der Waals surface area contributed by atoms with Gasteiger partial charge in [-0.15, -0.1) is 0 Å². The van der Waals surface area contributed by atoms with Gasteiger partial charge in [0, 0.05) is 18.0 Å². The number of aromatic nitrogens is 1. The number of carbonyl (C=O) groups excluding carboxylic acids is 1. The molecule has 1 rings (SSSR count). The fraction of sp³-hybridized carbons (Fsp3) is 0.273. The number of hydrogen-bond acceptors (Lipinski definition) is 2. The predicted molar refractivity (Wildman–Crippen MR) is 53.6 cm³/mol. The number of pyridine rings is 1. The summed E-state index contributed by atoms with van der Waals surface area (Å²) in [6.45, 7) is 5.50. The lowest BCUT2D eigenvalue weighted by Gasteiger charge is -2.05. The first-order chi connectivity index (χ1) is 6.16. The van der Waals surface area contributed by atoms with Gasteiger partial charge >= 0.3 is 0 Å². The van der Waals surface area contributed by atoms with Crippen LogP contribution in [0.5, 0.6) is 0 Å². The number of rotatable bonds is 2. The van der Waals surface area contributed by atoms with Crippen LogP contribution in [-0.4, -0.2) is 10.8 Å². The van der Waals surface area contributed by atoms with Gasteiger partial charge in [-0.25, -0.2) is 0 Å². The largest absolute Gasteiger partial charge is 0.294 e. The van der Waals surface area contributed by atoms with Crippen molar-refractivity contribution in [2.75, 3.05) is 0 Å². The van der Waals surface area contributed by atoms with Crippen molar-refractivity contribution < 1.29 is 4.79 Å². The Morgan fingerprint density at radius 3 is 2.62 bits per heavy atom. The first-order valence-electron chi connectivity index (χ1n) is 4.25. The minimum atomic E-state index is 0.0595. The van der Waals surface area contributed by atoms with Gasteiger partial charge in [-0.1, -0.05) is 6.08 Å². The highest BCUT2D eigenvalue weighted by molar-refractivity contribution is 5.98. The Labute approximate surface area is 78.3 Å². The summed E-state index contributed by atoms with van der Waals surface area (Å²) in [6, 6.07) is 1.87. The lowest BCUT2D eigenvalue weighted by Crippen LogP contribution is -1.98. The molecule has 0 aromatic carbocycles. The second kappa shape index (κ2) is 3.99. The molecule has 0 aliphatic heterocycles. The standard InChI is InChI=1S/C11H13NO/c1-4-8(2)10-5-6-12-7-11(10)9(3)13/h4-7H,1-3H3. The molecule has 0 unspecified atom stereocenters. The highest BCUT2D eigenvalue weighted by Gasteiger charge is 2.06. The molecule has 0 bridgehead atoms. The maximum absolute atomic E-state index is 11.2. The maximum atomic E-state index is 11.2. The molecule has 0 amide bonds. The van der Waals surface area contributed by atoms with Crippen LogP contribution >= 0.6 is 0 Å². The van der Waals surface area contributed by atoms with Crippen LogP contribution in [0.15, 0.2) is 24.5 Å². The fourth-order valence-corrected chi connectivity index (χ4v) is 1.17. The van der Waals surface area contributed by atoms with E-state index in [2.05, 4.69) is 4.98 Å². The number of nitrogens with zero attached hydrogens (tertiary/aromatic N) is 1. The average molecular weight is 175 g/mol. The van der Waals surface area contributed by atoms with Crippen LogP contribution in [0.4, 0.5) is 0 Å². The van der Waals surface area contributed by atoms with Crippen molar-refractivity contribution in [3.05, 3.63) is 35.7 Å². The van der Waals surface area contributed by atoms with Crippen LogP contribution in [0.1, 0.15) is 36.7 Å². The van der Waals surface area contributed by atoms with Gasteiger partial charge in [0.1, 0.15) is 0 Å². The van der Waals surface area contributed by atoms with Crippen molar-refractivity contribution in [2.24, 2.45) is 0 Å². The minimum Gasteiger partial charge on any atom is -0.294 e. The zero-order valence-corrected chi connectivity index (χ0v) is 8.16. The van der Waals surface area contributed by atoms with E-state index in [-0.39, 0.29) is 5.78 Å². The Hall–Kier alpha value is -1.44. The van der Waals surface area contributed by atoms with E-state index in [0.29, 0.717) is 5.56 Å². The van der Waals surface area contributed by atoms with Gasteiger partial charge in [0.25, 0.3) is 0 Å². The van der Waals surface area contributed by atoms with Gasteiger partial charge < -0.3 is 0 Å². The van der Waals surface area contributed by atoms with E-state index in [1.54, 1.807) is 19.3 Å². The van der Waals surface area contributed by atoms with E-state index in [0.717, 1.165) is 11.1 Å². The smallest absolute Gasteiger partial charge is 0.161 e. The molecule has 0 aliphatic carbocycles. The molecule has 0 aliphatic rings. The van der Waals surface area contributed by atoms with Crippen molar-refractivity contribution in [1.82, 2.24) is 4.98 Å². The van der Waals surface area contributed by atoms with E-state index in [1.165, 1.54) is 0 Å². The molecule has 13 heavy (non-hydrogen) atoms. The van der Waals surface area contributed by atoms with Crippen LogP contribution < -0.4 is 0 Å². The predicted octanol–water partition coefficient (Wildman–Crippen LogP) is 2.71. The molecule has 0 radical (unpaired) electrons. The SMILES string of the molecule is CC=C(C)c1ccncc1C(C)=O. The summed E-state index contributed by atoms with van der Waals surface area (Å²) in [5, 5.41) is 0. The number of hydrogen-bond donors (Lipinski definition) is 0.